The summed E-state index contributed by atoms with van der Waals surface area (Å²) in [4.78, 5) is 24.7. The zero-order valence-corrected chi connectivity index (χ0v) is 16.0. The fraction of sp³-hybridized carbons (Fsp3) is 0.364. The summed E-state index contributed by atoms with van der Waals surface area (Å²) < 4.78 is 11.6. The third-order valence-corrected chi connectivity index (χ3v) is 4.78. The Morgan fingerprint density at radius 2 is 1.89 bits per heavy atom. The van der Waals surface area contributed by atoms with Crippen molar-refractivity contribution in [3.8, 4) is 11.5 Å². The van der Waals surface area contributed by atoms with Crippen molar-refractivity contribution in [3.05, 3.63) is 59.7 Å². The minimum atomic E-state index is -0.908. The van der Waals surface area contributed by atoms with Crippen LogP contribution < -0.4 is 9.47 Å². The molecular formula is C22H25NO5. The molecule has 1 heterocycles. The van der Waals surface area contributed by atoms with Gasteiger partial charge in [-0.05, 0) is 36.6 Å². The van der Waals surface area contributed by atoms with Gasteiger partial charge < -0.3 is 19.5 Å². The zero-order valence-electron chi connectivity index (χ0n) is 16.0. The van der Waals surface area contributed by atoms with Gasteiger partial charge >= 0.3 is 5.97 Å². The maximum atomic E-state index is 12.0. The predicted molar refractivity (Wildman–Crippen MR) is 104 cm³/mol. The van der Waals surface area contributed by atoms with E-state index in [0.29, 0.717) is 37.7 Å². The molecule has 1 aliphatic rings. The SMILES string of the molecule is CCOc1cc(CCN2CC(C(=O)O)CC2=O)ccc1OCc1ccccc1. The van der Waals surface area contributed by atoms with Gasteiger partial charge in [-0.2, -0.15) is 0 Å². The number of nitrogens with zero attached hydrogens (tertiary/aromatic N) is 1. The number of carbonyl (C=O) groups is 2. The first-order valence-corrected chi connectivity index (χ1v) is 9.50. The Bertz CT molecular complexity index is 821. The molecule has 1 unspecified atom stereocenters. The van der Waals surface area contributed by atoms with Gasteiger partial charge in [-0.3, -0.25) is 9.59 Å². The molecule has 1 atom stereocenters. The monoisotopic (exact) mass is 383 g/mol. The maximum Gasteiger partial charge on any atom is 0.308 e. The Labute approximate surface area is 164 Å². The average molecular weight is 383 g/mol. The lowest BCUT2D eigenvalue weighted by Crippen LogP contribution is -2.28. The summed E-state index contributed by atoms with van der Waals surface area (Å²) in [6.07, 6.45) is 0.725. The molecule has 2 aromatic carbocycles. The first-order valence-electron chi connectivity index (χ1n) is 9.50. The van der Waals surface area contributed by atoms with Crippen molar-refractivity contribution in [1.29, 1.82) is 0 Å². The number of benzene rings is 2. The van der Waals surface area contributed by atoms with E-state index in [0.717, 1.165) is 11.1 Å². The third kappa shape index (κ3) is 5.03. The normalized spacial score (nSPS) is 16.2. The smallest absolute Gasteiger partial charge is 0.308 e. The number of carboxylic acid groups (broad SMARTS) is 1. The van der Waals surface area contributed by atoms with E-state index in [2.05, 4.69) is 0 Å². The molecule has 6 nitrogen and oxygen atoms in total. The lowest BCUT2D eigenvalue weighted by molar-refractivity contribution is -0.141. The molecule has 3 rings (SSSR count). The Balaban J connectivity index is 1.62. The highest BCUT2D eigenvalue weighted by molar-refractivity contribution is 5.86. The van der Waals surface area contributed by atoms with Crippen LogP contribution in [-0.2, 0) is 22.6 Å². The summed E-state index contributed by atoms with van der Waals surface area (Å²) in [5.41, 5.74) is 2.09. The number of hydrogen-bond donors (Lipinski definition) is 1. The number of rotatable bonds is 9. The van der Waals surface area contributed by atoms with Crippen LogP contribution in [-0.4, -0.2) is 41.6 Å². The molecule has 0 aliphatic carbocycles. The van der Waals surface area contributed by atoms with Crippen molar-refractivity contribution in [3.63, 3.8) is 0 Å². The van der Waals surface area contributed by atoms with Crippen molar-refractivity contribution >= 4 is 11.9 Å². The minimum Gasteiger partial charge on any atom is -0.490 e. The summed E-state index contributed by atoms with van der Waals surface area (Å²) in [5.74, 6) is -0.250. The number of carboxylic acids is 1. The second kappa shape index (κ2) is 9.26. The lowest BCUT2D eigenvalue weighted by atomic mass is 10.1. The molecule has 2 aromatic rings. The highest BCUT2D eigenvalue weighted by Crippen LogP contribution is 2.30. The standard InChI is InChI=1S/C22H25NO5/c1-2-27-20-12-16(10-11-23-14-18(22(25)26)13-21(23)24)8-9-19(20)28-15-17-6-4-3-5-7-17/h3-9,12,18H,2,10-11,13-15H2,1H3,(H,25,26). The van der Waals surface area contributed by atoms with E-state index in [1.807, 2.05) is 55.5 Å². The van der Waals surface area contributed by atoms with Gasteiger partial charge in [0.05, 0.1) is 12.5 Å². The lowest BCUT2D eigenvalue weighted by Gasteiger charge is -2.17. The molecule has 1 amide bonds. The molecule has 148 valence electrons. The maximum absolute atomic E-state index is 12.0. The number of amides is 1. The molecular weight excluding hydrogens is 358 g/mol. The molecule has 28 heavy (non-hydrogen) atoms. The van der Waals surface area contributed by atoms with E-state index in [9.17, 15) is 9.59 Å². The van der Waals surface area contributed by atoms with Crippen LogP contribution in [0.2, 0.25) is 0 Å². The Kier molecular flexibility index (Phi) is 6.53. The molecule has 0 aromatic heterocycles. The molecule has 1 aliphatic heterocycles. The van der Waals surface area contributed by atoms with Gasteiger partial charge in [-0.1, -0.05) is 36.4 Å². The van der Waals surface area contributed by atoms with E-state index in [1.165, 1.54) is 0 Å². The van der Waals surface area contributed by atoms with E-state index < -0.39 is 11.9 Å². The molecule has 6 heteroatoms. The van der Waals surface area contributed by atoms with E-state index in [4.69, 9.17) is 14.6 Å². The topological polar surface area (TPSA) is 76.1 Å². The fourth-order valence-electron chi connectivity index (χ4n) is 3.25. The summed E-state index contributed by atoms with van der Waals surface area (Å²) >= 11 is 0. The van der Waals surface area contributed by atoms with Crippen LogP contribution in [0.25, 0.3) is 0 Å². The van der Waals surface area contributed by atoms with Gasteiger partial charge in [0.1, 0.15) is 6.61 Å². The molecule has 0 spiro atoms. The van der Waals surface area contributed by atoms with Crippen LogP contribution in [0.1, 0.15) is 24.5 Å². The van der Waals surface area contributed by atoms with Gasteiger partial charge in [0.15, 0.2) is 11.5 Å². The second-order valence-electron chi connectivity index (χ2n) is 6.82. The van der Waals surface area contributed by atoms with E-state index in [1.54, 1.807) is 4.90 Å². The van der Waals surface area contributed by atoms with Gasteiger partial charge in [0.2, 0.25) is 5.91 Å². The number of ether oxygens (including phenoxy) is 2. The molecule has 1 saturated heterocycles. The van der Waals surface area contributed by atoms with E-state index >= 15 is 0 Å². The summed E-state index contributed by atoms with van der Waals surface area (Å²) in [7, 11) is 0. The second-order valence-corrected chi connectivity index (χ2v) is 6.82. The Morgan fingerprint density at radius 3 is 2.57 bits per heavy atom. The Hall–Kier alpha value is -3.02. The van der Waals surface area contributed by atoms with Crippen LogP contribution in [0, 0.1) is 5.92 Å². The van der Waals surface area contributed by atoms with Crippen molar-refractivity contribution in [2.24, 2.45) is 5.92 Å². The van der Waals surface area contributed by atoms with Crippen LogP contribution in [0.4, 0.5) is 0 Å². The number of carbonyl (C=O) groups excluding carboxylic acids is 1. The van der Waals surface area contributed by atoms with Crippen LogP contribution in [0.15, 0.2) is 48.5 Å². The Morgan fingerprint density at radius 1 is 1.11 bits per heavy atom. The fourth-order valence-corrected chi connectivity index (χ4v) is 3.25. The van der Waals surface area contributed by atoms with Crippen LogP contribution in [0.5, 0.6) is 11.5 Å². The van der Waals surface area contributed by atoms with Crippen LogP contribution >= 0.6 is 0 Å². The van der Waals surface area contributed by atoms with Gasteiger partial charge in [-0.25, -0.2) is 0 Å². The molecule has 1 fully saturated rings. The average Bonchev–Trinajstić information content (AvgIpc) is 3.08. The molecule has 1 N–H and O–H groups in total. The zero-order chi connectivity index (χ0) is 19.9. The van der Waals surface area contributed by atoms with Crippen LogP contribution in [0.3, 0.4) is 0 Å². The van der Waals surface area contributed by atoms with Crippen molar-refractivity contribution < 1.29 is 24.2 Å². The predicted octanol–water partition coefficient (Wildman–Crippen LogP) is 3.14. The van der Waals surface area contributed by atoms with Gasteiger partial charge in [-0.15, -0.1) is 0 Å². The van der Waals surface area contributed by atoms with Gasteiger partial charge in [0, 0.05) is 19.5 Å². The summed E-state index contributed by atoms with van der Waals surface area (Å²) in [5, 5.41) is 9.08. The van der Waals surface area contributed by atoms with Crippen molar-refractivity contribution in [2.75, 3.05) is 19.7 Å². The quantitative estimate of drug-likeness (QED) is 0.720. The first kappa shape index (κ1) is 19.7. The molecule has 0 bridgehead atoms. The summed E-state index contributed by atoms with van der Waals surface area (Å²) in [6.45, 7) is 3.68. The largest absolute Gasteiger partial charge is 0.490 e. The number of aliphatic carboxylic acids is 1. The number of likely N-dealkylation sites (tertiary alicyclic amines) is 1. The minimum absolute atomic E-state index is 0.0891. The summed E-state index contributed by atoms with van der Waals surface area (Å²) in [6, 6.07) is 15.7. The highest BCUT2D eigenvalue weighted by Gasteiger charge is 2.33. The first-order chi connectivity index (χ1) is 13.6. The van der Waals surface area contributed by atoms with E-state index in [-0.39, 0.29) is 18.9 Å². The third-order valence-electron chi connectivity index (χ3n) is 4.78. The highest BCUT2D eigenvalue weighted by atomic mass is 16.5. The van der Waals surface area contributed by atoms with Crippen molar-refractivity contribution in [2.45, 2.75) is 26.4 Å². The van der Waals surface area contributed by atoms with Crippen molar-refractivity contribution in [1.82, 2.24) is 4.90 Å². The molecule has 0 saturated carbocycles. The number of hydrogen-bond acceptors (Lipinski definition) is 4. The molecule has 0 radical (unpaired) electrons. The van der Waals surface area contributed by atoms with Gasteiger partial charge in [0.25, 0.3) is 0 Å².